The van der Waals surface area contributed by atoms with Gasteiger partial charge in [0.05, 0.1) is 6.61 Å². The zero-order valence-corrected chi connectivity index (χ0v) is 12.7. The minimum atomic E-state index is -0.0698. The van der Waals surface area contributed by atoms with Crippen LogP contribution in [0.2, 0.25) is 0 Å². The van der Waals surface area contributed by atoms with Crippen molar-refractivity contribution in [3.8, 4) is 17.0 Å². The van der Waals surface area contributed by atoms with Crippen molar-refractivity contribution in [2.45, 2.75) is 13.8 Å². The molecule has 22 heavy (non-hydrogen) atoms. The predicted octanol–water partition coefficient (Wildman–Crippen LogP) is 3.62. The molecule has 0 saturated carbocycles. The number of rotatable bonds is 4. The van der Waals surface area contributed by atoms with Crippen LogP contribution in [0.15, 0.2) is 53.6 Å². The topological polar surface area (TPSA) is 55.0 Å². The lowest BCUT2D eigenvalue weighted by molar-refractivity contribution is 0.261. The summed E-state index contributed by atoms with van der Waals surface area (Å²) in [4.78, 5) is 18.7. The summed E-state index contributed by atoms with van der Waals surface area (Å²) >= 11 is 0. The van der Waals surface area contributed by atoms with E-state index in [0.29, 0.717) is 23.8 Å². The van der Waals surface area contributed by atoms with Gasteiger partial charge in [0.2, 0.25) is 5.88 Å². The van der Waals surface area contributed by atoms with Crippen molar-refractivity contribution in [3.63, 3.8) is 0 Å². The maximum atomic E-state index is 11.7. The summed E-state index contributed by atoms with van der Waals surface area (Å²) in [5.41, 5.74) is 1.96. The molecule has 1 N–H and O–H groups in total. The van der Waals surface area contributed by atoms with Crippen LogP contribution in [0.5, 0.6) is 5.88 Å². The molecule has 3 aromatic rings. The van der Waals surface area contributed by atoms with Gasteiger partial charge < -0.3 is 9.72 Å². The molecule has 3 rings (SSSR count). The molecule has 0 saturated heterocycles. The average Bonchev–Trinajstić information content (AvgIpc) is 2.53. The minimum absolute atomic E-state index is 0.0698. The molecule has 4 heteroatoms. The van der Waals surface area contributed by atoms with Gasteiger partial charge >= 0.3 is 0 Å². The molecule has 2 heterocycles. The van der Waals surface area contributed by atoms with Crippen LogP contribution in [-0.4, -0.2) is 16.6 Å². The lowest BCUT2D eigenvalue weighted by Gasteiger charge is -2.08. The van der Waals surface area contributed by atoms with Gasteiger partial charge in [0.15, 0.2) is 0 Å². The first-order valence-corrected chi connectivity index (χ1v) is 7.34. The third kappa shape index (κ3) is 3.01. The normalized spacial score (nSPS) is 11.0. The molecule has 2 aromatic heterocycles. The summed E-state index contributed by atoms with van der Waals surface area (Å²) in [5.74, 6) is 1.11. The van der Waals surface area contributed by atoms with Gasteiger partial charge in [-0.3, -0.25) is 4.79 Å². The summed E-state index contributed by atoms with van der Waals surface area (Å²) in [7, 11) is 0. The molecule has 0 atom stereocenters. The number of nitrogens with one attached hydrogen (secondary N) is 1. The van der Waals surface area contributed by atoms with Crippen LogP contribution in [0.4, 0.5) is 0 Å². The number of pyridine rings is 2. The highest BCUT2D eigenvalue weighted by Gasteiger charge is 2.04. The van der Waals surface area contributed by atoms with E-state index < -0.39 is 0 Å². The van der Waals surface area contributed by atoms with E-state index in [-0.39, 0.29) is 5.56 Å². The second-order valence-corrected chi connectivity index (χ2v) is 5.70. The van der Waals surface area contributed by atoms with Crippen molar-refractivity contribution >= 4 is 10.8 Å². The fraction of sp³-hybridized carbons (Fsp3) is 0.222. The summed E-state index contributed by atoms with van der Waals surface area (Å²) in [6.07, 6.45) is 3.46. The van der Waals surface area contributed by atoms with Crippen molar-refractivity contribution in [3.05, 3.63) is 59.1 Å². The Kier molecular flexibility index (Phi) is 3.92. The van der Waals surface area contributed by atoms with Crippen molar-refractivity contribution in [2.75, 3.05) is 6.61 Å². The number of hydrogen-bond acceptors (Lipinski definition) is 3. The van der Waals surface area contributed by atoms with E-state index in [1.165, 1.54) is 0 Å². The Hall–Kier alpha value is -2.62. The Morgan fingerprint density at radius 1 is 1.14 bits per heavy atom. The first-order valence-electron chi connectivity index (χ1n) is 7.34. The molecule has 4 nitrogen and oxygen atoms in total. The summed E-state index contributed by atoms with van der Waals surface area (Å²) in [6.45, 7) is 4.86. The third-order valence-corrected chi connectivity index (χ3v) is 3.41. The van der Waals surface area contributed by atoms with E-state index in [1.807, 2.05) is 36.4 Å². The first-order chi connectivity index (χ1) is 10.6. The SMILES string of the molecule is CC(C)COc1ccc(-c2ccc3c(=O)[nH]ccc3c2)cn1. The highest BCUT2D eigenvalue weighted by molar-refractivity contribution is 5.86. The van der Waals surface area contributed by atoms with Crippen LogP contribution in [0, 0.1) is 5.92 Å². The lowest BCUT2D eigenvalue weighted by Crippen LogP contribution is -2.05. The molecular formula is C18H18N2O2. The van der Waals surface area contributed by atoms with Gasteiger partial charge in [-0.15, -0.1) is 0 Å². The van der Waals surface area contributed by atoms with E-state index in [0.717, 1.165) is 16.5 Å². The first kappa shape index (κ1) is 14.3. The van der Waals surface area contributed by atoms with Crippen molar-refractivity contribution in [2.24, 2.45) is 5.92 Å². The van der Waals surface area contributed by atoms with Crippen LogP contribution in [0.25, 0.3) is 21.9 Å². The lowest BCUT2D eigenvalue weighted by atomic mass is 10.0. The van der Waals surface area contributed by atoms with Crippen molar-refractivity contribution in [1.29, 1.82) is 0 Å². The highest BCUT2D eigenvalue weighted by Crippen LogP contribution is 2.23. The fourth-order valence-corrected chi connectivity index (χ4v) is 2.26. The standard InChI is InChI=1S/C18H18N2O2/c1-12(2)11-22-17-6-4-15(10-20-17)13-3-5-16-14(9-13)7-8-19-18(16)21/h3-10,12H,11H2,1-2H3,(H,19,21). The fourth-order valence-electron chi connectivity index (χ4n) is 2.26. The van der Waals surface area contributed by atoms with Crippen LogP contribution in [-0.2, 0) is 0 Å². The predicted molar refractivity (Wildman–Crippen MR) is 88.1 cm³/mol. The van der Waals surface area contributed by atoms with Crippen LogP contribution >= 0.6 is 0 Å². The molecule has 0 spiro atoms. The molecule has 0 bridgehead atoms. The number of benzene rings is 1. The van der Waals surface area contributed by atoms with E-state index in [9.17, 15) is 4.79 Å². The number of aromatic amines is 1. The zero-order chi connectivity index (χ0) is 15.5. The average molecular weight is 294 g/mol. The van der Waals surface area contributed by atoms with Gasteiger partial charge in [-0.2, -0.15) is 0 Å². The maximum Gasteiger partial charge on any atom is 0.255 e. The smallest absolute Gasteiger partial charge is 0.255 e. The number of aromatic nitrogens is 2. The second-order valence-electron chi connectivity index (χ2n) is 5.70. The Balaban J connectivity index is 1.89. The summed E-state index contributed by atoms with van der Waals surface area (Å²) < 4.78 is 5.59. The maximum absolute atomic E-state index is 11.7. The van der Waals surface area contributed by atoms with E-state index in [2.05, 4.69) is 23.8 Å². The number of ether oxygens (including phenoxy) is 1. The minimum Gasteiger partial charge on any atom is -0.477 e. The number of nitrogens with zero attached hydrogens (tertiary/aromatic N) is 1. The molecule has 0 aliphatic carbocycles. The Morgan fingerprint density at radius 2 is 1.95 bits per heavy atom. The summed E-state index contributed by atoms with van der Waals surface area (Å²) in [5, 5.41) is 1.61. The molecule has 0 aliphatic heterocycles. The number of hydrogen-bond donors (Lipinski definition) is 1. The monoisotopic (exact) mass is 294 g/mol. The molecular weight excluding hydrogens is 276 g/mol. The Morgan fingerprint density at radius 3 is 2.68 bits per heavy atom. The number of fused-ring (bicyclic) bond motifs is 1. The molecule has 112 valence electrons. The Bertz CT molecular complexity index is 836. The van der Waals surface area contributed by atoms with Gasteiger partial charge in [-0.25, -0.2) is 4.98 Å². The second kappa shape index (κ2) is 6.02. The molecule has 0 amide bonds. The van der Waals surface area contributed by atoms with Crippen molar-refractivity contribution < 1.29 is 4.74 Å². The van der Waals surface area contributed by atoms with Gasteiger partial charge in [0, 0.05) is 29.4 Å². The van der Waals surface area contributed by atoms with Crippen molar-refractivity contribution in [1.82, 2.24) is 9.97 Å². The molecule has 1 aromatic carbocycles. The van der Waals surface area contributed by atoms with E-state index in [1.54, 1.807) is 12.4 Å². The molecule has 0 fully saturated rings. The largest absolute Gasteiger partial charge is 0.477 e. The molecule has 0 aliphatic rings. The number of H-pyrrole nitrogens is 1. The van der Waals surface area contributed by atoms with Crippen LogP contribution < -0.4 is 10.3 Å². The van der Waals surface area contributed by atoms with Gasteiger partial charge in [-0.1, -0.05) is 19.9 Å². The Labute approximate surface area is 128 Å². The van der Waals surface area contributed by atoms with Crippen LogP contribution in [0.3, 0.4) is 0 Å². The third-order valence-electron chi connectivity index (χ3n) is 3.41. The van der Waals surface area contributed by atoms with E-state index in [4.69, 9.17) is 4.74 Å². The quantitative estimate of drug-likeness (QED) is 0.799. The van der Waals surface area contributed by atoms with Crippen LogP contribution in [0.1, 0.15) is 13.8 Å². The van der Waals surface area contributed by atoms with E-state index >= 15 is 0 Å². The molecule has 0 unspecified atom stereocenters. The highest BCUT2D eigenvalue weighted by atomic mass is 16.5. The molecule has 0 radical (unpaired) electrons. The zero-order valence-electron chi connectivity index (χ0n) is 12.7. The summed E-state index contributed by atoms with van der Waals surface area (Å²) in [6, 6.07) is 11.5. The van der Waals surface area contributed by atoms with Gasteiger partial charge in [0.1, 0.15) is 0 Å². The van der Waals surface area contributed by atoms with Gasteiger partial charge in [-0.05, 0) is 41.1 Å². The van der Waals surface area contributed by atoms with Gasteiger partial charge in [0.25, 0.3) is 5.56 Å².